The van der Waals surface area contributed by atoms with Crippen molar-refractivity contribution in [3.63, 3.8) is 0 Å². The maximum absolute atomic E-state index is 13.2. The Bertz CT molecular complexity index is 929. The summed E-state index contributed by atoms with van der Waals surface area (Å²) >= 11 is 6.32. The van der Waals surface area contributed by atoms with Gasteiger partial charge in [-0.15, -0.1) is 0 Å². The van der Waals surface area contributed by atoms with Gasteiger partial charge in [0.1, 0.15) is 11.8 Å². The van der Waals surface area contributed by atoms with Crippen molar-refractivity contribution in [2.45, 2.75) is 66.6 Å². The van der Waals surface area contributed by atoms with Gasteiger partial charge in [0.15, 0.2) is 6.61 Å². The molecule has 168 valence electrons. The smallest absolute Gasteiger partial charge is 0.261 e. The number of carbonyl (C=O) groups excluding carboxylic acids is 2. The zero-order valence-corrected chi connectivity index (χ0v) is 20.0. The highest BCUT2D eigenvalue weighted by atomic mass is 35.5. The number of carbonyl (C=O) groups is 2. The van der Waals surface area contributed by atoms with Crippen LogP contribution in [0, 0.1) is 20.8 Å². The van der Waals surface area contributed by atoms with Gasteiger partial charge >= 0.3 is 0 Å². The van der Waals surface area contributed by atoms with Crippen molar-refractivity contribution in [1.82, 2.24) is 10.2 Å². The maximum atomic E-state index is 13.2. The van der Waals surface area contributed by atoms with Gasteiger partial charge in [0.2, 0.25) is 5.91 Å². The molecule has 0 saturated carbocycles. The van der Waals surface area contributed by atoms with E-state index in [0.29, 0.717) is 10.8 Å². The lowest BCUT2D eigenvalue weighted by Gasteiger charge is -2.30. The zero-order valence-electron chi connectivity index (χ0n) is 19.3. The van der Waals surface area contributed by atoms with Crippen LogP contribution in [0.15, 0.2) is 36.4 Å². The van der Waals surface area contributed by atoms with E-state index >= 15 is 0 Å². The van der Waals surface area contributed by atoms with E-state index in [1.54, 1.807) is 13.0 Å². The minimum atomic E-state index is -0.665. The zero-order chi connectivity index (χ0) is 23.1. The molecule has 0 radical (unpaired) electrons. The fourth-order valence-corrected chi connectivity index (χ4v) is 3.43. The van der Waals surface area contributed by atoms with Crippen molar-refractivity contribution < 1.29 is 14.3 Å². The Labute approximate surface area is 190 Å². The SMILES string of the molecule is CC[C@@H](C)NC(=O)[C@H](C)N(Cc1ccccc1Cl)C(=O)COc1cc(C)cc(C)c1C. The van der Waals surface area contributed by atoms with E-state index in [0.717, 1.165) is 28.7 Å². The Morgan fingerprint density at radius 1 is 1.13 bits per heavy atom. The molecule has 0 aliphatic carbocycles. The first-order valence-electron chi connectivity index (χ1n) is 10.7. The molecule has 0 heterocycles. The fourth-order valence-electron chi connectivity index (χ4n) is 3.23. The second kappa shape index (κ2) is 11.2. The van der Waals surface area contributed by atoms with E-state index < -0.39 is 6.04 Å². The van der Waals surface area contributed by atoms with Crippen LogP contribution < -0.4 is 10.1 Å². The van der Waals surface area contributed by atoms with Crippen LogP contribution in [0.25, 0.3) is 0 Å². The largest absolute Gasteiger partial charge is 0.483 e. The van der Waals surface area contributed by atoms with Crippen LogP contribution in [-0.2, 0) is 16.1 Å². The summed E-state index contributed by atoms with van der Waals surface area (Å²) in [5.74, 6) is 0.211. The van der Waals surface area contributed by atoms with Crippen molar-refractivity contribution in [3.8, 4) is 5.75 Å². The molecule has 0 aliphatic rings. The van der Waals surface area contributed by atoms with Crippen LogP contribution >= 0.6 is 11.6 Å². The van der Waals surface area contributed by atoms with Gasteiger partial charge in [-0.1, -0.05) is 42.8 Å². The number of rotatable bonds is 9. The highest BCUT2D eigenvalue weighted by Crippen LogP contribution is 2.24. The fraction of sp³-hybridized carbons (Fsp3) is 0.440. The van der Waals surface area contributed by atoms with Crippen molar-refractivity contribution in [2.75, 3.05) is 6.61 Å². The topological polar surface area (TPSA) is 58.6 Å². The van der Waals surface area contributed by atoms with Gasteiger partial charge in [-0.25, -0.2) is 0 Å². The summed E-state index contributed by atoms with van der Waals surface area (Å²) in [6.45, 7) is 11.7. The van der Waals surface area contributed by atoms with E-state index in [1.165, 1.54) is 4.90 Å². The molecule has 0 saturated heterocycles. The van der Waals surface area contributed by atoms with Gasteiger partial charge in [0.25, 0.3) is 5.91 Å². The lowest BCUT2D eigenvalue weighted by atomic mass is 10.1. The van der Waals surface area contributed by atoms with Gasteiger partial charge in [-0.05, 0) is 75.4 Å². The quantitative estimate of drug-likeness (QED) is 0.593. The summed E-state index contributed by atoms with van der Waals surface area (Å²) in [7, 11) is 0. The number of nitrogens with one attached hydrogen (secondary N) is 1. The molecule has 2 aromatic rings. The molecule has 2 amide bonds. The van der Waals surface area contributed by atoms with E-state index in [1.807, 2.05) is 58.9 Å². The van der Waals surface area contributed by atoms with Gasteiger partial charge < -0.3 is 15.0 Å². The number of ether oxygens (including phenoxy) is 1. The van der Waals surface area contributed by atoms with E-state index in [4.69, 9.17) is 16.3 Å². The first-order valence-corrected chi connectivity index (χ1v) is 11.1. The Balaban J connectivity index is 2.23. The lowest BCUT2D eigenvalue weighted by Crippen LogP contribution is -2.50. The van der Waals surface area contributed by atoms with Gasteiger partial charge in [0, 0.05) is 17.6 Å². The number of nitrogens with zero attached hydrogens (tertiary/aromatic N) is 1. The monoisotopic (exact) mass is 444 g/mol. The molecule has 2 aromatic carbocycles. The third-order valence-corrected chi connectivity index (χ3v) is 5.95. The molecule has 2 atom stereocenters. The summed E-state index contributed by atoms with van der Waals surface area (Å²) in [5.41, 5.74) is 3.96. The van der Waals surface area contributed by atoms with Gasteiger partial charge in [0.05, 0.1) is 0 Å². The standard InChI is InChI=1S/C25H33ClN2O3/c1-7-18(4)27-25(30)20(6)28(14-21-10-8-9-11-22(21)26)24(29)15-31-23-13-16(2)12-17(3)19(23)5/h8-13,18,20H,7,14-15H2,1-6H3,(H,27,30)/t18-,20+/m1/s1. The Kier molecular flexibility index (Phi) is 8.93. The van der Waals surface area contributed by atoms with E-state index in [2.05, 4.69) is 11.4 Å². The summed E-state index contributed by atoms with van der Waals surface area (Å²) in [6, 6.07) is 10.7. The van der Waals surface area contributed by atoms with Crippen LogP contribution in [0.2, 0.25) is 5.02 Å². The molecule has 5 nitrogen and oxygen atoms in total. The molecule has 0 fully saturated rings. The number of aryl methyl sites for hydroxylation is 2. The summed E-state index contributed by atoms with van der Waals surface area (Å²) in [4.78, 5) is 27.5. The number of halogens is 1. The van der Waals surface area contributed by atoms with E-state index in [-0.39, 0.29) is 31.0 Å². The van der Waals surface area contributed by atoms with Crippen LogP contribution in [0.5, 0.6) is 5.75 Å². The maximum Gasteiger partial charge on any atom is 0.261 e. The molecule has 6 heteroatoms. The first-order chi connectivity index (χ1) is 14.6. The minimum Gasteiger partial charge on any atom is -0.483 e. The Morgan fingerprint density at radius 3 is 2.45 bits per heavy atom. The van der Waals surface area contributed by atoms with Crippen LogP contribution in [0.4, 0.5) is 0 Å². The van der Waals surface area contributed by atoms with Crippen LogP contribution in [0.3, 0.4) is 0 Å². The Hall–Kier alpha value is -2.53. The summed E-state index contributed by atoms with van der Waals surface area (Å²) < 4.78 is 5.89. The average Bonchev–Trinajstić information content (AvgIpc) is 2.73. The van der Waals surface area contributed by atoms with Crippen molar-refractivity contribution in [2.24, 2.45) is 0 Å². The molecular formula is C25H33ClN2O3. The Morgan fingerprint density at radius 2 is 1.81 bits per heavy atom. The predicted molar refractivity (Wildman–Crippen MR) is 126 cm³/mol. The van der Waals surface area contributed by atoms with Crippen LogP contribution in [0.1, 0.15) is 49.4 Å². The lowest BCUT2D eigenvalue weighted by molar-refractivity contribution is -0.142. The average molecular weight is 445 g/mol. The third-order valence-electron chi connectivity index (χ3n) is 5.58. The summed E-state index contributed by atoms with van der Waals surface area (Å²) in [6.07, 6.45) is 0.812. The number of hydrogen-bond acceptors (Lipinski definition) is 3. The van der Waals surface area contributed by atoms with Gasteiger partial charge in [-0.3, -0.25) is 9.59 Å². The van der Waals surface area contributed by atoms with Crippen molar-refractivity contribution in [3.05, 3.63) is 63.7 Å². The summed E-state index contributed by atoms with van der Waals surface area (Å²) in [5, 5.41) is 3.51. The third kappa shape index (κ3) is 6.73. The molecule has 2 rings (SSSR count). The molecule has 0 aliphatic heterocycles. The molecule has 0 bridgehead atoms. The van der Waals surface area contributed by atoms with Crippen molar-refractivity contribution in [1.29, 1.82) is 0 Å². The van der Waals surface area contributed by atoms with E-state index in [9.17, 15) is 9.59 Å². The van der Waals surface area contributed by atoms with Gasteiger partial charge in [-0.2, -0.15) is 0 Å². The molecular weight excluding hydrogens is 412 g/mol. The predicted octanol–water partition coefficient (Wildman–Crippen LogP) is 4.98. The highest BCUT2D eigenvalue weighted by molar-refractivity contribution is 6.31. The number of amides is 2. The molecule has 1 N–H and O–H groups in total. The number of hydrogen-bond donors (Lipinski definition) is 1. The van der Waals surface area contributed by atoms with Crippen molar-refractivity contribution >= 4 is 23.4 Å². The minimum absolute atomic E-state index is 0.0291. The molecule has 0 spiro atoms. The normalized spacial score (nSPS) is 12.7. The first kappa shape index (κ1) is 24.7. The molecule has 0 aromatic heterocycles. The second-order valence-corrected chi connectivity index (χ2v) is 8.51. The molecule has 0 unspecified atom stereocenters. The second-order valence-electron chi connectivity index (χ2n) is 8.10. The van der Waals surface area contributed by atoms with Crippen LogP contribution in [-0.4, -0.2) is 35.4 Å². The highest BCUT2D eigenvalue weighted by Gasteiger charge is 2.27. The number of benzene rings is 2. The molecule has 31 heavy (non-hydrogen) atoms.